The fourth-order valence-corrected chi connectivity index (χ4v) is 2.85. The maximum Gasteiger partial charge on any atom is 0.0638 e. The van der Waals surface area contributed by atoms with E-state index >= 15 is 0 Å². The molecule has 0 bridgehead atoms. The molecular weight excluding hydrogens is 296 g/mol. The van der Waals surface area contributed by atoms with E-state index in [9.17, 15) is 0 Å². The quantitative estimate of drug-likeness (QED) is 0.664. The van der Waals surface area contributed by atoms with Crippen LogP contribution in [0.1, 0.15) is 29.4 Å². The van der Waals surface area contributed by atoms with Gasteiger partial charge in [-0.1, -0.05) is 36.4 Å². The predicted octanol–water partition coefficient (Wildman–Crippen LogP) is 3.81. The van der Waals surface area contributed by atoms with Gasteiger partial charge in [0.1, 0.15) is 0 Å². The van der Waals surface area contributed by atoms with Crippen molar-refractivity contribution in [2.75, 3.05) is 0 Å². The fourth-order valence-electron chi connectivity index (χ4n) is 2.85. The summed E-state index contributed by atoms with van der Waals surface area (Å²) >= 11 is 0. The van der Waals surface area contributed by atoms with Crippen molar-refractivity contribution in [2.45, 2.75) is 40.0 Å². The van der Waals surface area contributed by atoms with E-state index in [1.807, 2.05) is 23.0 Å². The zero-order valence-corrected chi connectivity index (χ0v) is 14.4. The molecule has 0 N–H and O–H groups in total. The molecule has 0 aliphatic carbocycles. The van der Waals surface area contributed by atoms with Crippen molar-refractivity contribution in [3.63, 3.8) is 0 Å². The third-order valence-electron chi connectivity index (χ3n) is 4.13. The van der Waals surface area contributed by atoms with Gasteiger partial charge in [-0.2, -0.15) is 5.10 Å². The Bertz CT molecular complexity index is 708. The van der Waals surface area contributed by atoms with Crippen molar-refractivity contribution in [2.24, 2.45) is 0 Å². The highest BCUT2D eigenvalue weighted by molar-refractivity contribution is 5.18. The van der Waals surface area contributed by atoms with E-state index in [0.717, 1.165) is 37.6 Å². The summed E-state index contributed by atoms with van der Waals surface area (Å²) in [7, 11) is 0. The average Bonchev–Trinajstić information content (AvgIpc) is 2.96. The highest BCUT2D eigenvalue weighted by atomic mass is 15.3. The van der Waals surface area contributed by atoms with Gasteiger partial charge in [0, 0.05) is 44.1 Å². The molecule has 4 nitrogen and oxygen atoms in total. The van der Waals surface area contributed by atoms with Gasteiger partial charge in [0.2, 0.25) is 0 Å². The molecule has 0 saturated carbocycles. The molecule has 24 heavy (non-hydrogen) atoms. The normalized spacial score (nSPS) is 11.1. The van der Waals surface area contributed by atoms with E-state index in [0.29, 0.717) is 0 Å². The standard InChI is InChI=1S/C20H24N4/c1-3-24-15-19(17(2)22-24)14-23(13-18-9-5-4-6-10-18)16-20-11-7-8-12-21-20/h4-12,15H,3,13-14,16H2,1-2H3. The van der Waals surface area contributed by atoms with E-state index in [2.05, 4.69) is 71.4 Å². The zero-order valence-electron chi connectivity index (χ0n) is 14.4. The molecule has 0 atom stereocenters. The topological polar surface area (TPSA) is 34.0 Å². The Morgan fingerprint density at radius 3 is 2.42 bits per heavy atom. The molecule has 0 amide bonds. The number of aryl methyl sites for hydroxylation is 2. The first-order valence-corrected chi connectivity index (χ1v) is 8.43. The molecule has 0 aliphatic heterocycles. The van der Waals surface area contributed by atoms with E-state index in [1.54, 1.807) is 0 Å². The summed E-state index contributed by atoms with van der Waals surface area (Å²) in [4.78, 5) is 6.90. The van der Waals surface area contributed by atoms with Crippen LogP contribution in [0, 0.1) is 6.92 Å². The first-order chi connectivity index (χ1) is 11.7. The molecular formula is C20H24N4. The van der Waals surface area contributed by atoms with Crippen molar-refractivity contribution in [1.82, 2.24) is 19.7 Å². The zero-order chi connectivity index (χ0) is 16.8. The molecule has 0 saturated heterocycles. The van der Waals surface area contributed by atoms with E-state index in [1.165, 1.54) is 11.1 Å². The maximum atomic E-state index is 4.57. The molecule has 3 aromatic rings. The van der Waals surface area contributed by atoms with Crippen molar-refractivity contribution in [1.29, 1.82) is 0 Å². The molecule has 0 unspecified atom stereocenters. The number of aromatic nitrogens is 3. The molecule has 3 rings (SSSR count). The second-order valence-corrected chi connectivity index (χ2v) is 6.05. The first-order valence-electron chi connectivity index (χ1n) is 8.43. The molecule has 2 heterocycles. The molecule has 124 valence electrons. The number of benzene rings is 1. The van der Waals surface area contributed by atoms with Crippen molar-refractivity contribution in [3.05, 3.63) is 83.4 Å². The van der Waals surface area contributed by atoms with Gasteiger partial charge in [-0.15, -0.1) is 0 Å². The SMILES string of the molecule is CCn1cc(CN(Cc2ccccc2)Cc2ccccn2)c(C)n1. The molecule has 4 heteroatoms. The molecule has 2 aromatic heterocycles. The minimum absolute atomic E-state index is 0.826. The van der Waals surface area contributed by atoms with Crippen LogP contribution in [0.2, 0.25) is 0 Å². The Kier molecular flexibility index (Phi) is 5.39. The summed E-state index contributed by atoms with van der Waals surface area (Å²) in [6.07, 6.45) is 4.02. The highest BCUT2D eigenvalue weighted by Gasteiger charge is 2.12. The van der Waals surface area contributed by atoms with Gasteiger partial charge in [0.15, 0.2) is 0 Å². The van der Waals surface area contributed by atoms with Crippen LogP contribution in [0.25, 0.3) is 0 Å². The summed E-state index contributed by atoms with van der Waals surface area (Å²) < 4.78 is 2.01. The van der Waals surface area contributed by atoms with Crippen LogP contribution in [0.3, 0.4) is 0 Å². The Hall–Kier alpha value is -2.46. The summed E-state index contributed by atoms with van der Waals surface area (Å²) in [6, 6.07) is 16.7. The highest BCUT2D eigenvalue weighted by Crippen LogP contribution is 2.15. The lowest BCUT2D eigenvalue weighted by Gasteiger charge is -2.22. The van der Waals surface area contributed by atoms with Crippen LogP contribution in [0.5, 0.6) is 0 Å². The van der Waals surface area contributed by atoms with E-state index in [4.69, 9.17) is 0 Å². The molecule has 1 aromatic carbocycles. The predicted molar refractivity (Wildman–Crippen MR) is 96.3 cm³/mol. The summed E-state index contributed by atoms with van der Waals surface area (Å²) in [5.41, 5.74) is 4.79. The Labute approximate surface area is 143 Å². The number of hydrogen-bond donors (Lipinski definition) is 0. The van der Waals surface area contributed by atoms with Gasteiger partial charge in [-0.05, 0) is 31.5 Å². The number of nitrogens with zero attached hydrogens (tertiary/aromatic N) is 4. The van der Waals surface area contributed by atoms with Crippen LogP contribution >= 0.6 is 0 Å². The molecule has 0 aliphatic rings. The molecule has 0 fully saturated rings. The lowest BCUT2D eigenvalue weighted by Crippen LogP contribution is -2.23. The van der Waals surface area contributed by atoms with Crippen molar-refractivity contribution in [3.8, 4) is 0 Å². The lowest BCUT2D eigenvalue weighted by atomic mass is 10.1. The third kappa shape index (κ3) is 4.30. The number of hydrogen-bond acceptors (Lipinski definition) is 3. The van der Waals surface area contributed by atoms with Crippen LogP contribution in [-0.4, -0.2) is 19.7 Å². The molecule has 0 spiro atoms. The minimum atomic E-state index is 0.826. The van der Waals surface area contributed by atoms with Gasteiger partial charge in [0.25, 0.3) is 0 Å². The van der Waals surface area contributed by atoms with Gasteiger partial charge < -0.3 is 0 Å². The Morgan fingerprint density at radius 2 is 1.75 bits per heavy atom. The number of pyridine rings is 1. The largest absolute Gasteiger partial charge is 0.289 e. The third-order valence-corrected chi connectivity index (χ3v) is 4.13. The first kappa shape index (κ1) is 16.4. The van der Waals surface area contributed by atoms with Gasteiger partial charge in [-0.3, -0.25) is 14.6 Å². The fraction of sp³-hybridized carbons (Fsp3) is 0.300. The van der Waals surface area contributed by atoms with Gasteiger partial charge >= 0.3 is 0 Å². The second kappa shape index (κ2) is 7.88. The van der Waals surface area contributed by atoms with Crippen LogP contribution < -0.4 is 0 Å². The Morgan fingerprint density at radius 1 is 0.958 bits per heavy atom. The van der Waals surface area contributed by atoms with Gasteiger partial charge in [0.05, 0.1) is 11.4 Å². The lowest BCUT2D eigenvalue weighted by molar-refractivity contribution is 0.244. The smallest absolute Gasteiger partial charge is 0.0638 e. The van der Waals surface area contributed by atoms with Gasteiger partial charge in [-0.25, -0.2) is 0 Å². The van der Waals surface area contributed by atoms with Crippen molar-refractivity contribution >= 4 is 0 Å². The van der Waals surface area contributed by atoms with Crippen LogP contribution in [0.15, 0.2) is 60.9 Å². The van der Waals surface area contributed by atoms with Crippen LogP contribution in [-0.2, 0) is 26.2 Å². The number of rotatable bonds is 7. The monoisotopic (exact) mass is 320 g/mol. The van der Waals surface area contributed by atoms with E-state index in [-0.39, 0.29) is 0 Å². The average molecular weight is 320 g/mol. The maximum absolute atomic E-state index is 4.57. The Balaban J connectivity index is 1.79. The molecule has 0 radical (unpaired) electrons. The van der Waals surface area contributed by atoms with E-state index < -0.39 is 0 Å². The summed E-state index contributed by atoms with van der Waals surface area (Å²) in [5.74, 6) is 0. The minimum Gasteiger partial charge on any atom is -0.289 e. The second-order valence-electron chi connectivity index (χ2n) is 6.05. The van der Waals surface area contributed by atoms with Crippen LogP contribution in [0.4, 0.5) is 0 Å². The summed E-state index contributed by atoms with van der Waals surface area (Å²) in [5, 5.41) is 4.57. The van der Waals surface area contributed by atoms with Crippen molar-refractivity contribution < 1.29 is 0 Å². The summed E-state index contributed by atoms with van der Waals surface area (Å²) in [6.45, 7) is 7.70.